The van der Waals surface area contributed by atoms with Crippen molar-refractivity contribution in [3.63, 3.8) is 0 Å². The smallest absolute Gasteiger partial charge is 0.323 e. The zero-order valence-electron chi connectivity index (χ0n) is 18.8. The van der Waals surface area contributed by atoms with Gasteiger partial charge in [0.2, 0.25) is 15.9 Å². The zero-order chi connectivity index (χ0) is 22.8. The van der Waals surface area contributed by atoms with Gasteiger partial charge in [0.25, 0.3) is 0 Å². The van der Waals surface area contributed by atoms with E-state index in [4.69, 9.17) is 4.52 Å². The Balaban J connectivity index is 1.55. The van der Waals surface area contributed by atoms with Gasteiger partial charge in [0.05, 0.1) is 12.2 Å². The van der Waals surface area contributed by atoms with Crippen molar-refractivity contribution in [3.8, 4) is 0 Å². The van der Waals surface area contributed by atoms with E-state index in [0.29, 0.717) is 63.6 Å². The molecule has 31 heavy (non-hydrogen) atoms. The first-order valence-corrected chi connectivity index (χ1v) is 12.6. The number of anilines is 1. The fourth-order valence-electron chi connectivity index (χ4n) is 3.92. The minimum Gasteiger partial charge on any atom is -0.359 e. The molecule has 2 saturated heterocycles. The molecule has 3 heterocycles. The van der Waals surface area contributed by atoms with E-state index in [1.54, 1.807) is 15.9 Å². The van der Waals surface area contributed by atoms with Gasteiger partial charge in [0, 0.05) is 50.7 Å². The number of nitrogens with one attached hydrogen (secondary N) is 1. The number of urea groups is 1. The number of rotatable bonds is 3. The Labute approximate surface area is 184 Å². The molecular weight excluding hydrogens is 422 g/mol. The molecule has 10 nitrogen and oxygen atoms in total. The molecule has 0 radical (unpaired) electrons. The fourth-order valence-corrected chi connectivity index (χ4v) is 4.83. The van der Waals surface area contributed by atoms with Crippen molar-refractivity contribution in [3.05, 3.63) is 11.8 Å². The molecule has 1 unspecified atom stereocenters. The van der Waals surface area contributed by atoms with Gasteiger partial charge >= 0.3 is 6.03 Å². The van der Waals surface area contributed by atoms with Crippen molar-refractivity contribution in [2.45, 2.75) is 45.4 Å². The zero-order valence-corrected chi connectivity index (χ0v) is 19.6. The Morgan fingerprint density at radius 1 is 1.10 bits per heavy atom. The third-order valence-corrected chi connectivity index (χ3v) is 7.05. The van der Waals surface area contributed by atoms with Gasteiger partial charge in [-0.3, -0.25) is 10.1 Å². The highest BCUT2D eigenvalue weighted by Crippen LogP contribution is 2.25. The molecule has 11 heteroatoms. The van der Waals surface area contributed by atoms with E-state index in [0.717, 1.165) is 0 Å². The Morgan fingerprint density at radius 3 is 2.42 bits per heavy atom. The number of carbonyl (C=O) groups excluding carboxylic acids is 2. The average Bonchev–Trinajstić information content (AvgIpc) is 3.03. The van der Waals surface area contributed by atoms with Crippen LogP contribution in [0.4, 0.5) is 10.6 Å². The van der Waals surface area contributed by atoms with Gasteiger partial charge in [-0.05, 0) is 19.3 Å². The third-order valence-electron chi connectivity index (χ3n) is 5.78. The van der Waals surface area contributed by atoms with Crippen LogP contribution in [0.15, 0.2) is 10.6 Å². The van der Waals surface area contributed by atoms with Crippen LogP contribution in [0.5, 0.6) is 0 Å². The summed E-state index contributed by atoms with van der Waals surface area (Å²) in [5, 5.41) is 6.69. The van der Waals surface area contributed by atoms with Crippen LogP contribution >= 0.6 is 0 Å². The van der Waals surface area contributed by atoms with E-state index in [-0.39, 0.29) is 29.8 Å². The van der Waals surface area contributed by atoms with E-state index in [2.05, 4.69) is 10.5 Å². The summed E-state index contributed by atoms with van der Waals surface area (Å²) in [6.07, 6.45) is 3.21. The average molecular weight is 456 g/mol. The SMILES string of the molecule is CC(C)(C)c1cc(NC(=O)N2CCCN(C(=O)C3CCCN(S(C)(=O)=O)C3)CC2)no1. The topological polar surface area (TPSA) is 116 Å². The van der Waals surface area contributed by atoms with Crippen molar-refractivity contribution in [2.24, 2.45) is 5.92 Å². The van der Waals surface area contributed by atoms with E-state index in [1.165, 1.54) is 10.6 Å². The van der Waals surface area contributed by atoms with Crippen LogP contribution in [0.3, 0.4) is 0 Å². The molecule has 0 aromatic carbocycles. The number of carbonyl (C=O) groups is 2. The molecule has 0 bridgehead atoms. The lowest BCUT2D eigenvalue weighted by molar-refractivity contribution is -0.136. The Hall–Kier alpha value is -2.14. The standard InChI is InChI=1S/C20H33N5O5S/c1-20(2,3)16-13-17(22-30-16)21-19(27)24-9-6-8-23(11-12-24)18(26)15-7-5-10-25(14-15)31(4,28)29/h13,15H,5-12,14H2,1-4H3,(H,21,22,27). The number of amides is 3. The van der Waals surface area contributed by atoms with Crippen molar-refractivity contribution in [2.75, 3.05) is 50.8 Å². The maximum absolute atomic E-state index is 13.0. The van der Waals surface area contributed by atoms with Crippen LogP contribution < -0.4 is 5.32 Å². The van der Waals surface area contributed by atoms with Gasteiger partial charge in [-0.25, -0.2) is 17.5 Å². The second-order valence-corrected chi connectivity index (χ2v) is 11.4. The maximum atomic E-state index is 13.0. The number of hydrogen-bond donors (Lipinski definition) is 1. The van der Waals surface area contributed by atoms with E-state index < -0.39 is 10.0 Å². The largest absolute Gasteiger partial charge is 0.359 e. The van der Waals surface area contributed by atoms with Crippen molar-refractivity contribution < 1.29 is 22.5 Å². The predicted octanol–water partition coefficient (Wildman–Crippen LogP) is 1.71. The fraction of sp³-hybridized carbons (Fsp3) is 0.750. The molecule has 3 rings (SSSR count). The maximum Gasteiger partial charge on any atom is 0.323 e. The summed E-state index contributed by atoms with van der Waals surface area (Å²) in [6.45, 7) is 8.62. The van der Waals surface area contributed by atoms with Gasteiger partial charge in [-0.1, -0.05) is 25.9 Å². The summed E-state index contributed by atoms with van der Waals surface area (Å²) < 4.78 is 30.4. The lowest BCUT2D eigenvalue weighted by Gasteiger charge is -2.33. The molecule has 2 aliphatic rings. The Bertz CT molecular complexity index is 907. The highest BCUT2D eigenvalue weighted by Gasteiger charge is 2.33. The van der Waals surface area contributed by atoms with Crippen LogP contribution in [-0.2, 0) is 20.2 Å². The summed E-state index contributed by atoms with van der Waals surface area (Å²) in [5.74, 6) is 0.706. The summed E-state index contributed by atoms with van der Waals surface area (Å²) in [7, 11) is -3.30. The summed E-state index contributed by atoms with van der Waals surface area (Å²) in [4.78, 5) is 29.1. The van der Waals surface area contributed by atoms with Crippen LogP contribution in [-0.4, -0.2) is 85.1 Å². The summed E-state index contributed by atoms with van der Waals surface area (Å²) in [6, 6.07) is 1.45. The van der Waals surface area contributed by atoms with Crippen molar-refractivity contribution in [1.82, 2.24) is 19.3 Å². The molecule has 1 atom stereocenters. The Kier molecular flexibility index (Phi) is 6.95. The number of aromatic nitrogens is 1. The lowest BCUT2D eigenvalue weighted by Crippen LogP contribution is -2.47. The van der Waals surface area contributed by atoms with Gasteiger partial charge in [0.15, 0.2) is 5.82 Å². The van der Waals surface area contributed by atoms with Crippen molar-refractivity contribution in [1.29, 1.82) is 0 Å². The Morgan fingerprint density at radius 2 is 1.77 bits per heavy atom. The van der Waals surface area contributed by atoms with Crippen LogP contribution in [0.1, 0.15) is 45.8 Å². The highest BCUT2D eigenvalue weighted by atomic mass is 32.2. The minimum atomic E-state index is -3.30. The first kappa shape index (κ1) is 23.5. The molecule has 1 aromatic rings. The molecule has 2 fully saturated rings. The van der Waals surface area contributed by atoms with Crippen molar-refractivity contribution >= 4 is 27.8 Å². The molecular formula is C20H33N5O5S. The quantitative estimate of drug-likeness (QED) is 0.742. The molecule has 1 N–H and O–H groups in total. The second-order valence-electron chi connectivity index (χ2n) is 9.38. The van der Waals surface area contributed by atoms with Crippen LogP contribution in [0, 0.1) is 5.92 Å². The van der Waals surface area contributed by atoms with Crippen LogP contribution in [0.2, 0.25) is 0 Å². The van der Waals surface area contributed by atoms with Gasteiger partial charge in [-0.15, -0.1) is 0 Å². The monoisotopic (exact) mass is 455 g/mol. The number of hydrogen-bond acceptors (Lipinski definition) is 6. The lowest BCUT2D eigenvalue weighted by atomic mass is 9.93. The molecule has 0 aliphatic carbocycles. The van der Waals surface area contributed by atoms with Gasteiger partial charge in [-0.2, -0.15) is 0 Å². The van der Waals surface area contributed by atoms with E-state index in [1.807, 2.05) is 20.8 Å². The summed E-state index contributed by atoms with van der Waals surface area (Å²) in [5.41, 5.74) is -0.203. The molecule has 0 spiro atoms. The van der Waals surface area contributed by atoms with E-state index >= 15 is 0 Å². The number of sulfonamides is 1. The predicted molar refractivity (Wildman–Crippen MR) is 116 cm³/mol. The van der Waals surface area contributed by atoms with E-state index in [9.17, 15) is 18.0 Å². The number of piperidine rings is 1. The first-order chi connectivity index (χ1) is 14.4. The van der Waals surface area contributed by atoms with Crippen LogP contribution in [0.25, 0.3) is 0 Å². The number of nitrogens with zero attached hydrogens (tertiary/aromatic N) is 4. The van der Waals surface area contributed by atoms with Gasteiger partial charge < -0.3 is 14.3 Å². The first-order valence-electron chi connectivity index (χ1n) is 10.7. The molecule has 3 amide bonds. The molecule has 0 saturated carbocycles. The normalized spacial score (nSPS) is 21.6. The summed E-state index contributed by atoms with van der Waals surface area (Å²) >= 11 is 0. The molecule has 174 valence electrons. The third kappa shape index (κ3) is 5.97. The molecule has 2 aliphatic heterocycles. The van der Waals surface area contributed by atoms with Gasteiger partial charge in [0.1, 0.15) is 5.76 Å². The molecule has 1 aromatic heterocycles. The minimum absolute atomic E-state index is 0.0260. The second kappa shape index (κ2) is 9.15. The highest BCUT2D eigenvalue weighted by molar-refractivity contribution is 7.88.